The molecule has 128 valence electrons. The highest BCUT2D eigenvalue weighted by Crippen LogP contribution is 2.29. The third kappa shape index (κ3) is 3.73. The van der Waals surface area contributed by atoms with E-state index in [1.807, 2.05) is 24.4 Å². The van der Waals surface area contributed by atoms with Gasteiger partial charge >= 0.3 is 0 Å². The molecular formula is C22H24N2O. The number of benzene rings is 2. The summed E-state index contributed by atoms with van der Waals surface area (Å²) in [5.74, 6) is 0. The lowest BCUT2D eigenvalue weighted by molar-refractivity contribution is -0.0228. The Morgan fingerprint density at radius 3 is 2.44 bits per heavy atom. The number of fused-ring (bicyclic) bond motifs is 1. The van der Waals surface area contributed by atoms with Gasteiger partial charge in [0.15, 0.2) is 0 Å². The molecule has 4 rings (SSSR count). The van der Waals surface area contributed by atoms with E-state index in [-0.39, 0.29) is 0 Å². The summed E-state index contributed by atoms with van der Waals surface area (Å²) < 4.78 is 0. The van der Waals surface area contributed by atoms with Crippen molar-refractivity contribution < 1.29 is 5.11 Å². The molecule has 0 aliphatic carbocycles. The maximum Gasteiger partial charge on any atom is 0.0727 e. The summed E-state index contributed by atoms with van der Waals surface area (Å²) in [6.45, 7) is 2.82. The second kappa shape index (κ2) is 6.95. The predicted octanol–water partition coefficient (Wildman–Crippen LogP) is 3.80. The zero-order valence-corrected chi connectivity index (χ0v) is 14.4. The molecule has 3 aromatic rings. The number of hydrogen-bond donors (Lipinski definition) is 1. The highest BCUT2D eigenvalue weighted by atomic mass is 16.3. The van der Waals surface area contributed by atoms with Crippen LogP contribution in [-0.2, 0) is 13.0 Å². The Morgan fingerprint density at radius 2 is 1.64 bits per heavy atom. The molecule has 0 spiro atoms. The third-order valence-electron chi connectivity index (χ3n) is 5.29. The van der Waals surface area contributed by atoms with Crippen LogP contribution < -0.4 is 0 Å². The van der Waals surface area contributed by atoms with E-state index < -0.39 is 5.60 Å². The zero-order chi connectivity index (χ0) is 17.1. The Labute approximate surface area is 148 Å². The van der Waals surface area contributed by atoms with Gasteiger partial charge in [-0.25, -0.2) is 0 Å². The third-order valence-corrected chi connectivity index (χ3v) is 5.29. The van der Waals surface area contributed by atoms with Gasteiger partial charge < -0.3 is 5.11 Å². The standard InChI is InChI=1S/C22H24N2O/c25-22(16-21-20-9-5-4-8-19(20)10-13-23-21)11-14-24(15-12-22)17-18-6-2-1-3-7-18/h1-10,13,25H,11-12,14-17H2. The molecular weight excluding hydrogens is 308 g/mol. The molecule has 0 atom stereocenters. The number of rotatable bonds is 4. The van der Waals surface area contributed by atoms with Gasteiger partial charge in [0.05, 0.1) is 11.3 Å². The van der Waals surface area contributed by atoms with E-state index in [2.05, 4.69) is 52.3 Å². The van der Waals surface area contributed by atoms with Gasteiger partial charge in [-0.2, -0.15) is 0 Å². The van der Waals surface area contributed by atoms with Crippen molar-refractivity contribution in [3.63, 3.8) is 0 Å². The summed E-state index contributed by atoms with van der Waals surface area (Å²) in [6.07, 6.45) is 4.08. The fraction of sp³-hybridized carbons (Fsp3) is 0.318. The van der Waals surface area contributed by atoms with Gasteiger partial charge in [-0.15, -0.1) is 0 Å². The molecule has 1 N–H and O–H groups in total. The molecule has 0 unspecified atom stereocenters. The minimum atomic E-state index is -0.648. The van der Waals surface area contributed by atoms with E-state index in [0.29, 0.717) is 6.42 Å². The van der Waals surface area contributed by atoms with Gasteiger partial charge in [-0.3, -0.25) is 9.88 Å². The summed E-state index contributed by atoms with van der Waals surface area (Å²) in [6, 6.07) is 20.9. The molecule has 2 heterocycles. The molecule has 3 heteroatoms. The second-order valence-electron chi connectivity index (χ2n) is 7.14. The van der Waals surface area contributed by atoms with Gasteiger partial charge in [0.2, 0.25) is 0 Å². The Morgan fingerprint density at radius 1 is 0.920 bits per heavy atom. The minimum Gasteiger partial charge on any atom is -0.389 e. The van der Waals surface area contributed by atoms with Crippen LogP contribution in [0.3, 0.4) is 0 Å². The summed E-state index contributed by atoms with van der Waals surface area (Å²) in [7, 11) is 0. The van der Waals surface area contributed by atoms with E-state index in [4.69, 9.17) is 0 Å². The Bertz CT molecular complexity index is 834. The molecule has 0 saturated carbocycles. The Hall–Kier alpha value is -2.23. The smallest absolute Gasteiger partial charge is 0.0727 e. The van der Waals surface area contributed by atoms with Crippen LogP contribution in [0.2, 0.25) is 0 Å². The lowest BCUT2D eigenvalue weighted by Crippen LogP contribution is -2.45. The molecule has 3 nitrogen and oxygen atoms in total. The molecule has 1 fully saturated rings. The summed E-state index contributed by atoms with van der Waals surface area (Å²) in [5.41, 5.74) is 1.70. The van der Waals surface area contributed by atoms with Crippen LogP contribution in [0.4, 0.5) is 0 Å². The van der Waals surface area contributed by atoms with Crippen LogP contribution in [-0.4, -0.2) is 33.7 Å². The van der Waals surface area contributed by atoms with Crippen LogP contribution in [0.15, 0.2) is 66.9 Å². The van der Waals surface area contributed by atoms with E-state index in [1.165, 1.54) is 10.9 Å². The van der Waals surface area contributed by atoms with Crippen molar-refractivity contribution in [1.29, 1.82) is 0 Å². The van der Waals surface area contributed by atoms with Crippen LogP contribution in [0.5, 0.6) is 0 Å². The number of piperidine rings is 1. The number of likely N-dealkylation sites (tertiary alicyclic amines) is 1. The van der Waals surface area contributed by atoms with Crippen LogP contribution in [0.25, 0.3) is 10.8 Å². The van der Waals surface area contributed by atoms with Crippen molar-refractivity contribution in [2.45, 2.75) is 31.4 Å². The average Bonchev–Trinajstić information content (AvgIpc) is 2.65. The highest BCUT2D eigenvalue weighted by molar-refractivity contribution is 5.84. The molecule has 1 saturated heterocycles. The number of aromatic nitrogens is 1. The minimum absolute atomic E-state index is 0.632. The lowest BCUT2D eigenvalue weighted by Gasteiger charge is -2.38. The fourth-order valence-electron chi connectivity index (χ4n) is 3.78. The SMILES string of the molecule is OC1(Cc2nccc3ccccc23)CCN(Cc2ccccc2)CC1. The first-order valence-electron chi connectivity index (χ1n) is 9.03. The van der Waals surface area contributed by atoms with E-state index in [9.17, 15) is 5.11 Å². The maximum atomic E-state index is 11.1. The Balaban J connectivity index is 1.43. The van der Waals surface area contributed by atoms with Crippen molar-refractivity contribution in [3.05, 3.63) is 78.1 Å². The van der Waals surface area contributed by atoms with Crippen molar-refractivity contribution in [2.24, 2.45) is 0 Å². The van der Waals surface area contributed by atoms with Crippen molar-refractivity contribution in [1.82, 2.24) is 9.88 Å². The fourth-order valence-corrected chi connectivity index (χ4v) is 3.78. The first-order chi connectivity index (χ1) is 12.2. The molecule has 25 heavy (non-hydrogen) atoms. The van der Waals surface area contributed by atoms with E-state index in [1.54, 1.807) is 0 Å². The topological polar surface area (TPSA) is 36.4 Å². The lowest BCUT2D eigenvalue weighted by atomic mass is 9.85. The highest BCUT2D eigenvalue weighted by Gasteiger charge is 2.33. The quantitative estimate of drug-likeness (QED) is 0.789. The van der Waals surface area contributed by atoms with Gasteiger partial charge in [-0.1, -0.05) is 54.6 Å². The normalized spacial score (nSPS) is 17.6. The van der Waals surface area contributed by atoms with Gasteiger partial charge in [0.1, 0.15) is 0 Å². The molecule has 1 aliphatic rings. The van der Waals surface area contributed by atoms with Crippen molar-refractivity contribution >= 4 is 10.8 Å². The van der Waals surface area contributed by atoms with Crippen LogP contribution in [0, 0.1) is 0 Å². The van der Waals surface area contributed by atoms with Crippen molar-refractivity contribution in [2.75, 3.05) is 13.1 Å². The van der Waals surface area contributed by atoms with Gasteiger partial charge in [-0.05, 0) is 29.9 Å². The second-order valence-corrected chi connectivity index (χ2v) is 7.14. The van der Waals surface area contributed by atoms with Gasteiger partial charge in [0.25, 0.3) is 0 Å². The summed E-state index contributed by atoms with van der Waals surface area (Å²) in [5, 5.41) is 13.5. The van der Waals surface area contributed by atoms with Crippen LogP contribution in [0.1, 0.15) is 24.1 Å². The first kappa shape index (κ1) is 16.2. The monoisotopic (exact) mass is 332 g/mol. The van der Waals surface area contributed by atoms with Gasteiger partial charge in [0, 0.05) is 37.6 Å². The average molecular weight is 332 g/mol. The van der Waals surface area contributed by atoms with E-state index in [0.717, 1.165) is 43.6 Å². The maximum absolute atomic E-state index is 11.1. The molecule has 0 amide bonds. The van der Waals surface area contributed by atoms with E-state index >= 15 is 0 Å². The molecule has 2 aromatic carbocycles. The molecule has 1 aromatic heterocycles. The predicted molar refractivity (Wildman–Crippen MR) is 101 cm³/mol. The largest absolute Gasteiger partial charge is 0.389 e. The number of pyridine rings is 1. The summed E-state index contributed by atoms with van der Waals surface area (Å²) in [4.78, 5) is 6.99. The summed E-state index contributed by atoms with van der Waals surface area (Å²) >= 11 is 0. The van der Waals surface area contributed by atoms with Crippen LogP contribution >= 0.6 is 0 Å². The van der Waals surface area contributed by atoms with Crippen molar-refractivity contribution in [3.8, 4) is 0 Å². The first-order valence-corrected chi connectivity index (χ1v) is 9.03. The number of aliphatic hydroxyl groups is 1. The molecule has 1 aliphatic heterocycles. The molecule has 0 radical (unpaired) electrons. The zero-order valence-electron chi connectivity index (χ0n) is 14.4. The Kier molecular flexibility index (Phi) is 4.51. The molecule has 0 bridgehead atoms. The number of nitrogens with zero attached hydrogens (tertiary/aromatic N) is 2. The number of hydrogen-bond acceptors (Lipinski definition) is 3.